The summed E-state index contributed by atoms with van der Waals surface area (Å²) in [5, 5.41) is 6.55. The van der Waals surface area contributed by atoms with Crippen molar-refractivity contribution in [1.82, 2.24) is 15.5 Å². The van der Waals surface area contributed by atoms with Crippen molar-refractivity contribution in [2.75, 3.05) is 26.7 Å². The first-order valence-corrected chi connectivity index (χ1v) is 9.17. The van der Waals surface area contributed by atoms with Gasteiger partial charge in [0.05, 0.1) is 6.10 Å². The van der Waals surface area contributed by atoms with Gasteiger partial charge in [0.25, 0.3) is 0 Å². The van der Waals surface area contributed by atoms with E-state index in [2.05, 4.69) is 27.8 Å². The number of hydrogen-bond acceptors (Lipinski definition) is 3. The number of rotatable bonds is 6. The third-order valence-electron chi connectivity index (χ3n) is 4.80. The molecule has 2 heterocycles. The molecule has 1 aromatic carbocycles. The molecule has 1 unspecified atom stereocenters. The van der Waals surface area contributed by atoms with E-state index in [-0.39, 0.29) is 36.0 Å². The summed E-state index contributed by atoms with van der Waals surface area (Å²) in [5.74, 6) is 0.997. The monoisotopic (exact) mass is 472 g/mol. The maximum absolute atomic E-state index is 12.4. The second-order valence-corrected chi connectivity index (χ2v) is 6.64. The van der Waals surface area contributed by atoms with Gasteiger partial charge in [0.2, 0.25) is 5.91 Å². The third-order valence-corrected chi connectivity index (χ3v) is 4.80. The molecule has 3 rings (SSSR count). The summed E-state index contributed by atoms with van der Waals surface area (Å²) in [5.41, 5.74) is 2.54. The molecule has 1 atom stereocenters. The average Bonchev–Trinajstić information content (AvgIpc) is 3.30. The molecule has 2 N–H and O–H groups in total. The lowest BCUT2D eigenvalue weighted by molar-refractivity contribution is -0.131. The average molecular weight is 472 g/mol. The van der Waals surface area contributed by atoms with Crippen LogP contribution in [0.3, 0.4) is 0 Å². The van der Waals surface area contributed by atoms with Crippen LogP contribution in [-0.4, -0.2) is 49.6 Å². The van der Waals surface area contributed by atoms with Crippen molar-refractivity contribution < 1.29 is 9.53 Å². The largest absolute Gasteiger partial charge is 0.376 e. The number of halogens is 1. The van der Waals surface area contributed by atoms with Crippen molar-refractivity contribution in [3.63, 3.8) is 0 Å². The Morgan fingerprint density at radius 2 is 2.00 bits per heavy atom. The van der Waals surface area contributed by atoms with Crippen LogP contribution >= 0.6 is 24.0 Å². The normalized spacial score (nSPS) is 19.0. The Morgan fingerprint density at radius 1 is 1.27 bits per heavy atom. The van der Waals surface area contributed by atoms with Gasteiger partial charge in [-0.2, -0.15) is 0 Å². The molecule has 6 nitrogen and oxygen atoms in total. The number of benzene rings is 1. The molecule has 2 aliphatic rings. The molecule has 0 spiro atoms. The molecule has 1 aromatic rings. The Bertz CT molecular complexity index is 592. The Hall–Kier alpha value is -1.35. The zero-order valence-corrected chi connectivity index (χ0v) is 17.7. The number of hydrogen-bond donors (Lipinski definition) is 2. The van der Waals surface area contributed by atoms with Gasteiger partial charge in [-0.25, -0.2) is 0 Å². The van der Waals surface area contributed by atoms with Crippen LogP contribution in [0.4, 0.5) is 0 Å². The van der Waals surface area contributed by atoms with Crippen LogP contribution in [0.25, 0.3) is 0 Å². The number of nitrogens with zero attached hydrogens (tertiary/aromatic N) is 2. The first-order valence-electron chi connectivity index (χ1n) is 9.17. The zero-order valence-electron chi connectivity index (χ0n) is 15.4. The van der Waals surface area contributed by atoms with Gasteiger partial charge in [0.1, 0.15) is 0 Å². The van der Waals surface area contributed by atoms with Crippen LogP contribution in [0, 0.1) is 0 Å². The molecular weight excluding hydrogens is 443 g/mol. The number of amides is 1. The first-order chi connectivity index (χ1) is 12.3. The Kier molecular flexibility index (Phi) is 8.64. The van der Waals surface area contributed by atoms with Gasteiger partial charge < -0.3 is 20.3 Å². The van der Waals surface area contributed by atoms with Crippen molar-refractivity contribution in [1.29, 1.82) is 0 Å². The summed E-state index contributed by atoms with van der Waals surface area (Å²) in [7, 11) is 1.76. The fraction of sp³-hybridized carbons (Fsp3) is 0.579. The standard InChI is InChI=1S/C19H28N4O2.HI/c1-20-19(22-12-17-8-5-11-25-17)21-10-4-9-18(24)23-13-15-6-2-3-7-16(15)14-23;/h2-3,6-7,17H,4-5,8-14H2,1H3,(H2,20,21,22);1H. The molecule has 0 bridgehead atoms. The topological polar surface area (TPSA) is 66.0 Å². The van der Waals surface area contributed by atoms with E-state index in [1.807, 2.05) is 17.0 Å². The molecule has 1 fully saturated rings. The molecule has 0 saturated carbocycles. The second-order valence-electron chi connectivity index (χ2n) is 6.64. The van der Waals surface area contributed by atoms with Gasteiger partial charge in [-0.1, -0.05) is 24.3 Å². The molecular formula is C19H29IN4O2. The van der Waals surface area contributed by atoms with E-state index >= 15 is 0 Å². The van der Waals surface area contributed by atoms with Crippen molar-refractivity contribution in [3.8, 4) is 0 Å². The lowest BCUT2D eigenvalue weighted by Gasteiger charge is -2.17. The van der Waals surface area contributed by atoms with Crippen LogP contribution in [0.15, 0.2) is 29.3 Å². The van der Waals surface area contributed by atoms with E-state index in [9.17, 15) is 4.79 Å². The first kappa shape index (κ1) is 21.0. The van der Waals surface area contributed by atoms with Gasteiger partial charge >= 0.3 is 0 Å². The third kappa shape index (κ3) is 5.84. The minimum Gasteiger partial charge on any atom is -0.376 e. The zero-order chi connectivity index (χ0) is 17.5. The van der Waals surface area contributed by atoms with Crippen molar-refractivity contribution in [2.45, 2.75) is 44.9 Å². The van der Waals surface area contributed by atoms with E-state index in [0.29, 0.717) is 6.42 Å². The van der Waals surface area contributed by atoms with Crippen LogP contribution in [0.5, 0.6) is 0 Å². The number of fused-ring (bicyclic) bond motifs is 1. The highest BCUT2D eigenvalue weighted by Gasteiger charge is 2.22. The molecule has 1 saturated heterocycles. The number of guanidine groups is 1. The summed E-state index contributed by atoms with van der Waals surface area (Å²) in [4.78, 5) is 18.5. The Morgan fingerprint density at radius 3 is 2.62 bits per heavy atom. The predicted molar refractivity (Wildman–Crippen MR) is 114 cm³/mol. The number of nitrogens with one attached hydrogen (secondary N) is 2. The fourth-order valence-electron chi connectivity index (χ4n) is 3.35. The van der Waals surface area contributed by atoms with E-state index < -0.39 is 0 Å². The Labute approximate surface area is 172 Å². The van der Waals surface area contributed by atoms with E-state index in [0.717, 1.165) is 58.0 Å². The SMILES string of the molecule is CN=C(NCCCC(=O)N1Cc2ccccc2C1)NCC1CCCO1.I. The smallest absolute Gasteiger partial charge is 0.223 e. The summed E-state index contributed by atoms with van der Waals surface area (Å²) in [6.45, 7) is 3.86. The highest BCUT2D eigenvalue weighted by molar-refractivity contribution is 14.0. The molecule has 0 aliphatic carbocycles. The molecule has 7 heteroatoms. The van der Waals surface area contributed by atoms with Crippen LogP contribution < -0.4 is 10.6 Å². The predicted octanol–water partition coefficient (Wildman–Crippen LogP) is 2.27. The molecule has 0 aromatic heterocycles. The van der Waals surface area contributed by atoms with Gasteiger partial charge in [-0.3, -0.25) is 9.79 Å². The summed E-state index contributed by atoms with van der Waals surface area (Å²) >= 11 is 0. The van der Waals surface area contributed by atoms with Crippen LogP contribution in [0.1, 0.15) is 36.8 Å². The van der Waals surface area contributed by atoms with E-state index in [1.54, 1.807) is 7.05 Å². The molecule has 144 valence electrons. The maximum atomic E-state index is 12.4. The maximum Gasteiger partial charge on any atom is 0.223 e. The van der Waals surface area contributed by atoms with Gasteiger partial charge in [0, 0.05) is 46.3 Å². The lowest BCUT2D eigenvalue weighted by atomic mass is 10.1. The van der Waals surface area contributed by atoms with Gasteiger partial charge in [-0.15, -0.1) is 24.0 Å². The number of aliphatic imine (C=N–C) groups is 1. The summed E-state index contributed by atoms with van der Waals surface area (Å²) in [6.07, 6.45) is 3.89. The highest BCUT2D eigenvalue weighted by atomic mass is 127. The second kappa shape index (κ2) is 10.7. The number of ether oxygens (including phenoxy) is 1. The number of carbonyl (C=O) groups is 1. The van der Waals surface area contributed by atoms with Crippen molar-refractivity contribution >= 4 is 35.8 Å². The highest BCUT2D eigenvalue weighted by Crippen LogP contribution is 2.22. The fourth-order valence-corrected chi connectivity index (χ4v) is 3.35. The lowest BCUT2D eigenvalue weighted by Crippen LogP contribution is -2.41. The minimum absolute atomic E-state index is 0. The molecule has 2 aliphatic heterocycles. The van der Waals surface area contributed by atoms with E-state index in [4.69, 9.17) is 4.74 Å². The summed E-state index contributed by atoms with van der Waals surface area (Å²) in [6, 6.07) is 8.28. The minimum atomic E-state index is 0. The van der Waals surface area contributed by atoms with Crippen molar-refractivity contribution in [3.05, 3.63) is 35.4 Å². The van der Waals surface area contributed by atoms with Crippen LogP contribution in [-0.2, 0) is 22.6 Å². The summed E-state index contributed by atoms with van der Waals surface area (Å²) < 4.78 is 5.59. The van der Waals surface area contributed by atoms with Crippen molar-refractivity contribution in [2.24, 2.45) is 4.99 Å². The molecule has 0 radical (unpaired) electrons. The van der Waals surface area contributed by atoms with Gasteiger partial charge in [-0.05, 0) is 30.4 Å². The molecule has 26 heavy (non-hydrogen) atoms. The Balaban J connectivity index is 0.00000243. The molecule has 1 amide bonds. The number of carbonyl (C=O) groups excluding carboxylic acids is 1. The quantitative estimate of drug-likeness (QED) is 0.289. The van der Waals surface area contributed by atoms with E-state index in [1.165, 1.54) is 11.1 Å². The van der Waals surface area contributed by atoms with Gasteiger partial charge in [0.15, 0.2) is 5.96 Å². The van der Waals surface area contributed by atoms with Crippen LogP contribution in [0.2, 0.25) is 0 Å².